The Morgan fingerprint density at radius 3 is 2.71 bits per heavy atom. The Morgan fingerprint density at radius 2 is 2.12 bits per heavy atom. The van der Waals surface area contributed by atoms with E-state index in [9.17, 15) is 0 Å². The van der Waals surface area contributed by atoms with Gasteiger partial charge in [0.25, 0.3) is 0 Å². The lowest BCUT2D eigenvalue weighted by atomic mass is 10.2. The molecule has 2 rings (SSSR count). The van der Waals surface area contributed by atoms with Gasteiger partial charge in [0.05, 0.1) is 0 Å². The smallest absolute Gasteiger partial charge is 0.179 e. The highest BCUT2D eigenvalue weighted by atomic mass is 79.9. The molecule has 7 heteroatoms. The first-order valence-electron chi connectivity index (χ1n) is 4.76. The molecular weight excluding hydrogens is 338 g/mol. The van der Waals surface area contributed by atoms with E-state index in [1.54, 1.807) is 34.9 Å². The van der Waals surface area contributed by atoms with Gasteiger partial charge in [-0.2, -0.15) is 0 Å². The van der Waals surface area contributed by atoms with Crippen molar-refractivity contribution in [2.45, 2.75) is 20.1 Å². The minimum Gasteiger partial charge on any atom is -0.326 e. The molecule has 0 unspecified atom stereocenters. The monoisotopic (exact) mass is 347 g/mol. The predicted molar refractivity (Wildman–Crippen MR) is 77.8 cm³/mol. The second-order valence-corrected chi connectivity index (χ2v) is 7.28. The van der Waals surface area contributed by atoms with E-state index in [0.29, 0.717) is 6.54 Å². The van der Waals surface area contributed by atoms with Gasteiger partial charge in [0.2, 0.25) is 0 Å². The minimum atomic E-state index is 0.555. The first-order chi connectivity index (χ1) is 8.22. The third-order valence-electron chi connectivity index (χ3n) is 1.99. The molecule has 0 atom stereocenters. The number of nitrogens with two attached hydrogens (primary N) is 1. The molecule has 0 spiro atoms. The summed E-state index contributed by atoms with van der Waals surface area (Å²) in [6.45, 7) is 0.555. The Bertz CT molecular complexity index is 515. The van der Waals surface area contributed by atoms with Gasteiger partial charge >= 0.3 is 0 Å². The van der Waals surface area contributed by atoms with Gasteiger partial charge in [-0.3, -0.25) is 0 Å². The van der Waals surface area contributed by atoms with Crippen LogP contribution in [0.3, 0.4) is 0 Å². The highest BCUT2D eigenvalue weighted by molar-refractivity contribution is 9.10. The van der Waals surface area contributed by atoms with Crippen LogP contribution < -0.4 is 5.73 Å². The molecule has 0 fully saturated rings. The van der Waals surface area contributed by atoms with Crippen molar-refractivity contribution in [2.75, 3.05) is 6.26 Å². The summed E-state index contributed by atoms with van der Waals surface area (Å²) in [6.07, 6.45) is 2.00. The van der Waals surface area contributed by atoms with Crippen LogP contribution in [-0.4, -0.2) is 16.5 Å². The SMILES string of the molecule is CSc1nnc(Sc2ccc(CN)cc2Br)s1. The summed E-state index contributed by atoms with van der Waals surface area (Å²) in [5.41, 5.74) is 6.71. The van der Waals surface area contributed by atoms with Crippen LogP contribution in [0.25, 0.3) is 0 Å². The summed E-state index contributed by atoms with van der Waals surface area (Å²) in [5, 5.41) is 8.20. The molecule has 90 valence electrons. The number of hydrogen-bond donors (Lipinski definition) is 1. The Kier molecular flexibility index (Phi) is 4.87. The average Bonchev–Trinajstić information content (AvgIpc) is 2.79. The third-order valence-corrected chi connectivity index (χ3v) is 5.94. The van der Waals surface area contributed by atoms with Crippen LogP contribution >= 0.6 is 50.8 Å². The standard InChI is InChI=1S/C10H10BrN3S3/c1-15-9-13-14-10(17-9)16-8-3-2-6(5-12)4-7(8)11/h2-4H,5,12H2,1H3. The normalized spacial score (nSPS) is 10.8. The number of thioether (sulfide) groups is 1. The van der Waals surface area contributed by atoms with Gasteiger partial charge in [-0.1, -0.05) is 40.9 Å². The van der Waals surface area contributed by atoms with E-state index in [-0.39, 0.29) is 0 Å². The molecule has 0 aliphatic heterocycles. The van der Waals surface area contributed by atoms with Crippen LogP contribution in [0.2, 0.25) is 0 Å². The molecule has 1 aromatic carbocycles. The fourth-order valence-electron chi connectivity index (χ4n) is 1.17. The largest absolute Gasteiger partial charge is 0.326 e. The van der Waals surface area contributed by atoms with Gasteiger partial charge in [-0.25, -0.2) is 0 Å². The van der Waals surface area contributed by atoms with Crippen LogP contribution in [0.15, 0.2) is 36.2 Å². The average molecular weight is 348 g/mol. The zero-order valence-electron chi connectivity index (χ0n) is 9.01. The van der Waals surface area contributed by atoms with Crippen molar-refractivity contribution in [1.29, 1.82) is 0 Å². The van der Waals surface area contributed by atoms with Gasteiger partial charge in [0.15, 0.2) is 8.68 Å². The van der Waals surface area contributed by atoms with E-state index in [4.69, 9.17) is 5.73 Å². The van der Waals surface area contributed by atoms with Crippen molar-refractivity contribution in [3.63, 3.8) is 0 Å². The van der Waals surface area contributed by atoms with Crippen LogP contribution in [0.5, 0.6) is 0 Å². The molecule has 1 heterocycles. The molecule has 0 saturated carbocycles. The zero-order valence-corrected chi connectivity index (χ0v) is 13.0. The molecule has 0 radical (unpaired) electrons. The quantitative estimate of drug-likeness (QED) is 0.855. The summed E-state index contributed by atoms with van der Waals surface area (Å²) in [4.78, 5) is 1.13. The molecular formula is C10H10BrN3S3. The summed E-state index contributed by atoms with van der Waals surface area (Å²) in [7, 11) is 0. The number of nitrogens with zero attached hydrogens (tertiary/aromatic N) is 2. The maximum Gasteiger partial charge on any atom is 0.179 e. The van der Waals surface area contributed by atoms with E-state index in [1.807, 2.05) is 18.4 Å². The Balaban J connectivity index is 2.18. The lowest BCUT2D eigenvalue weighted by Gasteiger charge is -2.03. The van der Waals surface area contributed by atoms with E-state index in [2.05, 4.69) is 32.2 Å². The lowest BCUT2D eigenvalue weighted by molar-refractivity contribution is 0.955. The van der Waals surface area contributed by atoms with E-state index < -0.39 is 0 Å². The van der Waals surface area contributed by atoms with Gasteiger partial charge in [0.1, 0.15) is 0 Å². The van der Waals surface area contributed by atoms with Crippen LogP contribution in [0, 0.1) is 0 Å². The number of aromatic nitrogens is 2. The van der Waals surface area contributed by atoms with E-state index in [1.165, 1.54) is 0 Å². The number of rotatable bonds is 4. The van der Waals surface area contributed by atoms with Crippen molar-refractivity contribution >= 4 is 50.8 Å². The molecule has 2 aromatic rings. The van der Waals surface area contributed by atoms with E-state index in [0.717, 1.165) is 23.6 Å². The molecule has 17 heavy (non-hydrogen) atoms. The molecule has 0 amide bonds. The van der Waals surface area contributed by atoms with Gasteiger partial charge < -0.3 is 5.73 Å². The molecule has 0 aliphatic rings. The summed E-state index contributed by atoms with van der Waals surface area (Å²) in [5.74, 6) is 0. The highest BCUT2D eigenvalue weighted by Gasteiger charge is 2.08. The number of hydrogen-bond acceptors (Lipinski definition) is 6. The van der Waals surface area contributed by atoms with E-state index >= 15 is 0 Å². The Hall–Kier alpha value is -0.0800. The maximum atomic E-state index is 5.59. The zero-order chi connectivity index (χ0) is 12.3. The Morgan fingerprint density at radius 1 is 1.35 bits per heavy atom. The molecule has 1 aromatic heterocycles. The maximum absolute atomic E-state index is 5.59. The Labute approximate surface area is 121 Å². The fourth-order valence-corrected chi connectivity index (χ4v) is 4.24. The van der Waals surface area contributed by atoms with Crippen molar-refractivity contribution < 1.29 is 0 Å². The van der Waals surface area contributed by atoms with Crippen molar-refractivity contribution in [2.24, 2.45) is 5.73 Å². The summed E-state index contributed by atoms with van der Waals surface area (Å²) < 4.78 is 2.99. The van der Waals surface area contributed by atoms with Gasteiger partial charge in [0, 0.05) is 15.9 Å². The summed E-state index contributed by atoms with van der Waals surface area (Å²) in [6, 6.07) is 6.12. The minimum absolute atomic E-state index is 0.555. The topological polar surface area (TPSA) is 51.8 Å². The first-order valence-corrected chi connectivity index (χ1v) is 8.42. The lowest BCUT2D eigenvalue weighted by Crippen LogP contribution is -1.95. The van der Waals surface area contributed by atoms with Gasteiger partial charge in [-0.05, 0) is 39.9 Å². The number of benzene rings is 1. The van der Waals surface area contributed by atoms with Crippen LogP contribution in [0.1, 0.15) is 5.56 Å². The molecule has 3 nitrogen and oxygen atoms in total. The first kappa shape index (κ1) is 13.4. The second-order valence-electron chi connectivity index (χ2n) is 3.11. The van der Waals surface area contributed by atoms with Crippen molar-refractivity contribution in [3.8, 4) is 0 Å². The van der Waals surface area contributed by atoms with Crippen molar-refractivity contribution in [1.82, 2.24) is 10.2 Å². The molecule has 2 N–H and O–H groups in total. The van der Waals surface area contributed by atoms with Crippen molar-refractivity contribution in [3.05, 3.63) is 28.2 Å². The van der Waals surface area contributed by atoms with Crippen LogP contribution in [-0.2, 0) is 6.54 Å². The second kappa shape index (κ2) is 6.19. The molecule has 0 aliphatic carbocycles. The third kappa shape index (κ3) is 3.45. The van der Waals surface area contributed by atoms with Gasteiger partial charge in [-0.15, -0.1) is 10.2 Å². The molecule has 0 bridgehead atoms. The fraction of sp³-hybridized carbons (Fsp3) is 0.200. The number of halogens is 1. The van der Waals surface area contributed by atoms with Crippen LogP contribution in [0.4, 0.5) is 0 Å². The molecule has 0 saturated heterocycles. The summed E-state index contributed by atoms with van der Waals surface area (Å²) >= 11 is 8.38. The predicted octanol–water partition coefficient (Wildman–Crippen LogP) is 3.63. The highest BCUT2D eigenvalue weighted by Crippen LogP contribution is 2.36.